The minimum absolute atomic E-state index is 0. The number of aliphatic imine (C=N–C) groups is 1. The van der Waals surface area contributed by atoms with Crippen molar-refractivity contribution in [2.75, 3.05) is 39.8 Å². The van der Waals surface area contributed by atoms with Gasteiger partial charge in [-0.25, -0.2) is 0 Å². The first-order valence-electron chi connectivity index (χ1n) is 10.7. The van der Waals surface area contributed by atoms with Crippen molar-refractivity contribution < 1.29 is 9.53 Å². The smallest absolute Gasteiger partial charge is 0.251 e. The summed E-state index contributed by atoms with van der Waals surface area (Å²) < 4.78 is 5.26. The molecule has 2 aromatic carbocycles. The lowest BCUT2D eigenvalue weighted by Gasteiger charge is -2.22. The fraction of sp³-hybridized carbons (Fsp3) is 0.417. The van der Waals surface area contributed by atoms with E-state index in [4.69, 9.17) is 9.73 Å². The Labute approximate surface area is 202 Å². The molecule has 1 atom stereocenters. The topological polar surface area (TPSA) is 66.0 Å². The molecule has 1 heterocycles. The first-order valence-corrected chi connectivity index (χ1v) is 10.7. The molecule has 3 rings (SSSR count). The van der Waals surface area contributed by atoms with Crippen molar-refractivity contribution in [2.24, 2.45) is 4.99 Å². The molecule has 1 aliphatic rings. The predicted octanol–water partition coefficient (Wildman–Crippen LogP) is 3.89. The number of hydrogen-bond donors (Lipinski definition) is 2. The van der Waals surface area contributed by atoms with Gasteiger partial charge in [-0.1, -0.05) is 30.3 Å². The SMILES string of the molecule is CCNC(=NCCCNC(=O)c1ccccc1)N1CCC(c2ccc(OC)cc2)C1.I. The predicted molar refractivity (Wildman–Crippen MR) is 137 cm³/mol. The Morgan fingerprint density at radius 2 is 1.87 bits per heavy atom. The molecule has 0 aliphatic carbocycles. The quantitative estimate of drug-likeness (QED) is 0.233. The molecule has 7 heteroatoms. The summed E-state index contributed by atoms with van der Waals surface area (Å²) in [4.78, 5) is 19.2. The number of nitrogens with one attached hydrogen (secondary N) is 2. The molecular formula is C24H33IN4O2. The van der Waals surface area contributed by atoms with E-state index in [2.05, 4.69) is 34.6 Å². The van der Waals surface area contributed by atoms with E-state index < -0.39 is 0 Å². The molecule has 1 fully saturated rings. The van der Waals surface area contributed by atoms with Crippen LogP contribution in [0.5, 0.6) is 5.75 Å². The highest BCUT2D eigenvalue weighted by Crippen LogP contribution is 2.28. The number of carbonyl (C=O) groups is 1. The molecule has 0 aromatic heterocycles. The van der Waals surface area contributed by atoms with Gasteiger partial charge in [0.1, 0.15) is 5.75 Å². The van der Waals surface area contributed by atoms with E-state index in [1.165, 1.54) is 5.56 Å². The molecule has 31 heavy (non-hydrogen) atoms. The van der Waals surface area contributed by atoms with Crippen molar-refractivity contribution in [1.82, 2.24) is 15.5 Å². The van der Waals surface area contributed by atoms with Crippen molar-refractivity contribution in [3.8, 4) is 5.75 Å². The Hall–Kier alpha value is -2.29. The van der Waals surface area contributed by atoms with Crippen LogP contribution >= 0.6 is 24.0 Å². The summed E-state index contributed by atoms with van der Waals surface area (Å²) in [7, 11) is 1.69. The average Bonchev–Trinajstić information content (AvgIpc) is 3.29. The Kier molecular flexibility index (Phi) is 10.6. The number of likely N-dealkylation sites (tertiary alicyclic amines) is 1. The lowest BCUT2D eigenvalue weighted by Crippen LogP contribution is -2.40. The van der Waals surface area contributed by atoms with E-state index in [1.54, 1.807) is 7.11 Å². The maximum Gasteiger partial charge on any atom is 0.251 e. The summed E-state index contributed by atoms with van der Waals surface area (Å²) in [6, 6.07) is 17.7. The van der Waals surface area contributed by atoms with E-state index in [-0.39, 0.29) is 29.9 Å². The first kappa shape index (κ1) is 25.0. The van der Waals surface area contributed by atoms with Crippen LogP contribution in [0.2, 0.25) is 0 Å². The molecule has 0 bridgehead atoms. The van der Waals surface area contributed by atoms with Crippen LogP contribution in [0.15, 0.2) is 59.6 Å². The largest absolute Gasteiger partial charge is 0.497 e. The minimum Gasteiger partial charge on any atom is -0.497 e. The van der Waals surface area contributed by atoms with Gasteiger partial charge >= 0.3 is 0 Å². The second-order valence-corrected chi connectivity index (χ2v) is 7.42. The fourth-order valence-electron chi connectivity index (χ4n) is 3.68. The Morgan fingerprint density at radius 1 is 1.13 bits per heavy atom. The highest BCUT2D eigenvalue weighted by atomic mass is 127. The number of carbonyl (C=O) groups excluding carboxylic acids is 1. The summed E-state index contributed by atoms with van der Waals surface area (Å²) in [5.74, 6) is 2.32. The molecule has 2 N–H and O–H groups in total. The number of methoxy groups -OCH3 is 1. The molecular weight excluding hydrogens is 503 g/mol. The van der Waals surface area contributed by atoms with Gasteiger partial charge in [0.15, 0.2) is 5.96 Å². The molecule has 1 unspecified atom stereocenters. The van der Waals surface area contributed by atoms with E-state index in [9.17, 15) is 4.79 Å². The molecule has 1 aliphatic heterocycles. The molecule has 0 spiro atoms. The van der Waals surface area contributed by atoms with E-state index >= 15 is 0 Å². The van der Waals surface area contributed by atoms with Crippen LogP contribution in [0.3, 0.4) is 0 Å². The molecule has 168 valence electrons. The zero-order valence-electron chi connectivity index (χ0n) is 18.3. The highest BCUT2D eigenvalue weighted by molar-refractivity contribution is 14.0. The number of guanidine groups is 1. The third kappa shape index (κ3) is 7.41. The highest BCUT2D eigenvalue weighted by Gasteiger charge is 2.26. The van der Waals surface area contributed by atoms with Crippen LogP contribution in [-0.4, -0.2) is 56.6 Å². The average molecular weight is 536 g/mol. The van der Waals surface area contributed by atoms with Gasteiger partial charge < -0.3 is 20.3 Å². The van der Waals surface area contributed by atoms with Crippen molar-refractivity contribution in [2.45, 2.75) is 25.7 Å². The van der Waals surface area contributed by atoms with Crippen molar-refractivity contribution in [3.05, 3.63) is 65.7 Å². The zero-order chi connectivity index (χ0) is 21.2. The third-order valence-corrected chi connectivity index (χ3v) is 5.33. The van der Waals surface area contributed by atoms with Gasteiger partial charge in [0.25, 0.3) is 5.91 Å². The Balaban J connectivity index is 0.00000341. The number of rotatable bonds is 8. The maximum absolute atomic E-state index is 12.1. The molecule has 1 saturated heterocycles. The zero-order valence-corrected chi connectivity index (χ0v) is 20.7. The van der Waals surface area contributed by atoms with E-state index in [0.29, 0.717) is 24.6 Å². The minimum atomic E-state index is -0.0339. The summed E-state index contributed by atoms with van der Waals surface area (Å²) in [5, 5.41) is 6.37. The lowest BCUT2D eigenvalue weighted by molar-refractivity contribution is 0.0953. The molecule has 1 amide bonds. The second-order valence-electron chi connectivity index (χ2n) is 7.42. The van der Waals surface area contributed by atoms with Gasteiger partial charge in [-0.3, -0.25) is 9.79 Å². The van der Waals surface area contributed by atoms with Crippen LogP contribution in [0.25, 0.3) is 0 Å². The number of nitrogens with zero attached hydrogens (tertiary/aromatic N) is 2. The summed E-state index contributed by atoms with van der Waals surface area (Å²) in [6.45, 7) is 6.18. The number of ether oxygens (including phenoxy) is 1. The Bertz CT molecular complexity index is 827. The van der Waals surface area contributed by atoms with Crippen molar-refractivity contribution in [1.29, 1.82) is 0 Å². The van der Waals surface area contributed by atoms with Crippen LogP contribution in [0.1, 0.15) is 41.6 Å². The van der Waals surface area contributed by atoms with Gasteiger partial charge in [0.2, 0.25) is 0 Å². The summed E-state index contributed by atoms with van der Waals surface area (Å²) in [5.41, 5.74) is 2.04. The van der Waals surface area contributed by atoms with Crippen molar-refractivity contribution >= 4 is 35.8 Å². The second kappa shape index (κ2) is 13.2. The van der Waals surface area contributed by atoms with Gasteiger partial charge in [0.05, 0.1) is 7.11 Å². The maximum atomic E-state index is 12.1. The van der Waals surface area contributed by atoms with Crippen LogP contribution < -0.4 is 15.4 Å². The number of amides is 1. The summed E-state index contributed by atoms with van der Waals surface area (Å²) in [6.07, 6.45) is 1.92. The molecule has 0 saturated carbocycles. The number of halogens is 1. The number of benzene rings is 2. The normalized spacial score (nSPS) is 15.9. The first-order chi connectivity index (χ1) is 14.7. The van der Waals surface area contributed by atoms with Crippen molar-refractivity contribution in [3.63, 3.8) is 0 Å². The van der Waals surface area contributed by atoms with Gasteiger partial charge in [-0.15, -0.1) is 24.0 Å². The van der Waals surface area contributed by atoms with E-state index in [1.807, 2.05) is 42.5 Å². The third-order valence-electron chi connectivity index (χ3n) is 5.33. The van der Waals surface area contributed by atoms with Gasteiger partial charge in [0, 0.05) is 44.2 Å². The molecule has 0 radical (unpaired) electrons. The molecule has 6 nitrogen and oxygen atoms in total. The number of hydrogen-bond acceptors (Lipinski definition) is 3. The van der Waals surface area contributed by atoms with Crippen LogP contribution in [-0.2, 0) is 0 Å². The fourth-order valence-corrected chi connectivity index (χ4v) is 3.68. The van der Waals surface area contributed by atoms with Gasteiger partial charge in [-0.05, 0) is 49.6 Å². The Morgan fingerprint density at radius 3 is 2.55 bits per heavy atom. The lowest BCUT2D eigenvalue weighted by atomic mass is 9.98. The van der Waals surface area contributed by atoms with E-state index in [0.717, 1.165) is 44.2 Å². The standard InChI is InChI=1S/C24H32N4O2.HI/c1-3-25-24(27-16-7-15-26-23(29)20-8-5-4-6-9-20)28-17-14-21(18-28)19-10-12-22(30-2)13-11-19;/h4-6,8-13,21H,3,7,14-18H2,1-2H3,(H,25,27)(H,26,29);1H. The molecule has 2 aromatic rings. The van der Waals surface area contributed by atoms with Crippen LogP contribution in [0.4, 0.5) is 0 Å². The summed E-state index contributed by atoms with van der Waals surface area (Å²) >= 11 is 0. The monoisotopic (exact) mass is 536 g/mol. The van der Waals surface area contributed by atoms with Gasteiger partial charge in [-0.2, -0.15) is 0 Å². The van der Waals surface area contributed by atoms with Crippen LogP contribution in [0, 0.1) is 0 Å².